The van der Waals surface area contributed by atoms with Crippen molar-refractivity contribution in [2.45, 2.75) is 32.2 Å². The van der Waals surface area contributed by atoms with Gasteiger partial charge in [-0.25, -0.2) is 0 Å². The second-order valence-electron chi connectivity index (χ2n) is 5.34. The quantitative estimate of drug-likeness (QED) is 0.865. The van der Waals surface area contributed by atoms with Crippen molar-refractivity contribution in [2.75, 3.05) is 16.8 Å². The van der Waals surface area contributed by atoms with Crippen molar-refractivity contribution in [3.05, 3.63) is 24.3 Å². The molecule has 0 spiro atoms. The van der Waals surface area contributed by atoms with E-state index in [1.807, 2.05) is 18.2 Å². The molecule has 2 amide bonds. The van der Waals surface area contributed by atoms with Crippen molar-refractivity contribution in [2.24, 2.45) is 5.73 Å². The Labute approximate surface area is 112 Å². The highest BCUT2D eigenvalue weighted by molar-refractivity contribution is 6.04. The van der Waals surface area contributed by atoms with Crippen LogP contribution in [-0.2, 0) is 9.59 Å². The molecule has 0 aliphatic carbocycles. The van der Waals surface area contributed by atoms with E-state index in [0.717, 1.165) is 12.1 Å². The Morgan fingerprint density at radius 1 is 1.37 bits per heavy atom. The minimum absolute atomic E-state index is 0.0914. The van der Waals surface area contributed by atoms with Crippen LogP contribution in [0.3, 0.4) is 0 Å². The smallest absolute Gasteiger partial charge is 0.243 e. The monoisotopic (exact) mass is 261 g/mol. The lowest BCUT2D eigenvalue weighted by atomic mass is 10.1. The first kappa shape index (κ1) is 13.5. The molecule has 0 unspecified atom stereocenters. The van der Waals surface area contributed by atoms with Crippen LogP contribution in [0, 0.1) is 0 Å². The van der Waals surface area contributed by atoms with E-state index in [1.54, 1.807) is 24.8 Å². The fraction of sp³-hybridized carbons (Fsp3) is 0.429. The number of nitrogens with one attached hydrogen (secondary N) is 1. The molecule has 1 aliphatic heterocycles. The maximum atomic E-state index is 11.9. The predicted octanol–water partition coefficient (Wildman–Crippen LogP) is 1.49. The lowest BCUT2D eigenvalue weighted by molar-refractivity contribution is -0.120. The van der Waals surface area contributed by atoms with E-state index in [2.05, 4.69) is 5.32 Å². The van der Waals surface area contributed by atoms with E-state index < -0.39 is 5.54 Å². The SMILES string of the molecule is CC(C)(N)C(=O)Nc1ccccc1N1CCCC1=O. The Bertz CT molecular complexity index is 506. The van der Waals surface area contributed by atoms with Gasteiger partial charge in [0.15, 0.2) is 0 Å². The Morgan fingerprint density at radius 2 is 2.05 bits per heavy atom. The van der Waals surface area contributed by atoms with Gasteiger partial charge in [0.1, 0.15) is 0 Å². The number of rotatable bonds is 3. The molecular formula is C14H19N3O2. The number of carbonyl (C=O) groups is 2. The number of hydrogen-bond donors (Lipinski definition) is 2. The summed E-state index contributed by atoms with van der Waals surface area (Å²) in [6, 6.07) is 7.29. The summed E-state index contributed by atoms with van der Waals surface area (Å²) >= 11 is 0. The average Bonchev–Trinajstić information content (AvgIpc) is 2.75. The third-order valence-electron chi connectivity index (χ3n) is 3.10. The van der Waals surface area contributed by atoms with Gasteiger partial charge in [-0.1, -0.05) is 12.1 Å². The number of nitrogens with two attached hydrogens (primary N) is 1. The van der Waals surface area contributed by atoms with Gasteiger partial charge in [0.25, 0.3) is 0 Å². The lowest BCUT2D eigenvalue weighted by Gasteiger charge is -2.23. The van der Waals surface area contributed by atoms with Crippen LogP contribution in [0.15, 0.2) is 24.3 Å². The molecule has 0 atom stereocenters. The Morgan fingerprint density at radius 3 is 2.63 bits per heavy atom. The van der Waals surface area contributed by atoms with Crippen LogP contribution in [0.1, 0.15) is 26.7 Å². The number of amides is 2. The van der Waals surface area contributed by atoms with Gasteiger partial charge in [0, 0.05) is 13.0 Å². The summed E-state index contributed by atoms with van der Waals surface area (Å²) in [5.74, 6) is -0.180. The number of benzene rings is 1. The summed E-state index contributed by atoms with van der Waals surface area (Å²) in [6.07, 6.45) is 1.41. The zero-order valence-electron chi connectivity index (χ0n) is 11.3. The fourth-order valence-corrected chi connectivity index (χ4v) is 2.00. The molecule has 1 fully saturated rings. The molecule has 2 rings (SSSR count). The zero-order chi connectivity index (χ0) is 14.0. The number of carbonyl (C=O) groups excluding carboxylic acids is 2. The van der Waals surface area contributed by atoms with Crippen molar-refractivity contribution in [3.63, 3.8) is 0 Å². The number of anilines is 2. The van der Waals surface area contributed by atoms with Crippen molar-refractivity contribution >= 4 is 23.2 Å². The molecule has 0 bridgehead atoms. The second kappa shape index (κ2) is 5.01. The molecule has 1 heterocycles. The van der Waals surface area contributed by atoms with Gasteiger partial charge in [-0.2, -0.15) is 0 Å². The zero-order valence-corrected chi connectivity index (χ0v) is 11.3. The standard InChI is InChI=1S/C14H19N3O2/c1-14(2,15)13(19)16-10-6-3-4-7-11(10)17-9-5-8-12(17)18/h3-4,6-7H,5,8-9,15H2,1-2H3,(H,16,19). The normalized spacial score (nSPS) is 15.7. The van der Waals surface area contributed by atoms with Gasteiger partial charge in [-0.3, -0.25) is 9.59 Å². The molecule has 0 saturated carbocycles. The molecule has 0 aromatic heterocycles. The molecule has 1 aromatic carbocycles. The highest BCUT2D eigenvalue weighted by Gasteiger charge is 2.26. The molecule has 5 nitrogen and oxygen atoms in total. The summed E-state index contributed by atoms with van der Waals surface area (Å²) in [6.45, 7) is 3.98. The van der Waals surface area contributed by atoms with Crippen LogP contribution in [0.5, 0.6) is 0 Å². The molecule has 102 valence electrons. The number of nitrogens with zero attached hydrogens (tertiary/aromatic N) is 1. The molecule has 5 heteroatoms. The Balaban J connectivity index is 2.26. The van der Waals surface area contributed by atoms with E-state index in [9.17, 15) is 9.59 Å². The third-order valence-corrected chi connectivity index (χ3v) is 3.10. The minimum atomic E-state index is -0.956. The van der Waals surface area contributed by atoms with Crippen LogP contribution in [0.25, 0.3) is 0 Å². The van der Waals surface area contributed by atoms with Crippen LogP contribution in [0.2, 0.25) is 0 Å². The maximum Gasteiger partial charge on any atom is 0.243 e. The van der Waals surface area contributed by atoms with Crippen LogP contribution >= 0.6 is 0 Å². The Hall–Kier alpha value is -1.88. The minimum Gasteiger partial charge on any atom is -0.323 e. The van der Waals surface area contributed by atoms with E-state index in [1.165, 1.54) is 0 Å². The number of para-hydroxylation sites is 2. The molecule has 1 aliphatic rings. The van der Waals surface area contributed by atoms with Crippen LogP contribution in [0.4, 0.5) is 11.4 Å². The predicted molar refractivity (Wildman–Crippen MR) is 74.9 cm³/mol. The average molecular weight is 261 g/mol. The van der Waals surface area contributed by atoms with Gasteiger partial charge in [-0.15, -0.1) is 0 Å². The largest absolute Gasteiger partial charge is 0.323 e. The van der Waals surface area contributed by atoms with Gasteiger partial charge in [0.05, 0.1) is 16.9 Å². The molecule has 3 N–H and O–H groups in total. The van der Waals surface area contributed by atoms with Gasteiger partial charge in [-0.05, 0) is 32.4 Å². The maximum absolute atomic E-state index is 11.9. The topological polar surface area (TPSA) is 75.4 Å². The molecule has 0 radical (unpaired) electrons. The summed E-state index contributed by atoms with van der Waals surface area (Å²) in [4.78, 5) is 25.4. The lowest BCUT2D eigenvalue weighted by Crippen LogP contribution is -2.45. The summed E-state index contributed by atoms with van der Waals surface area (Å²) in [5.41, 5.74) is 6.17. The van der Waals surface area contributed by atoms with E-state index in [4.69, 9.17) is 5.73 Å². The van der Waals surface area contributed by atoms with Gasteiger partial charge >= 0.3 is 0 Å². The van der Waals surface area contributed by atoms with E-state index in [-0.39, 0.29) is 11.8 Å². The van der Waals surface area contributed by atoms with Gasteiger partial charge < -0.3 is 16.0 Å². The highest BCUT2D eigenvalue weighted by Crippen LogP contribution is 2.29. The first-order valence-electron chi connectivity index (χ1n) is 6.39. The molecular weight excluding hydrogens is 242 g/mol. The second-order valence-corrected chi connectivity index (χ2v) is 5.34. The molecule has 1 aromatic rings. The first-order valence-corrected chi connectivity index (χ1v) is 6.39. The summed E-state index contributed by atoms with van der Waals surface area (Å²) < 4.78 is 0. The molecule has 1 saturated heterocycles. The van der Waals surface area contributed by atoms with Crippen molar-refractivity contribution in [1.29, 1.82) is 0 Å². The number of hydrogen-bond acceptors (Lipinski definition) is 3. The highest BCUT2D eigenvalue weighted by atomic mass is 16.2. The fourth-order valence-electron chi connectivity index (χ4n) is 2.00. The third kappa shape index (κ3) is 2.93. The van der Waals surface area contributed by atoms with Crippen molar-refractivity contribution in [3.8, 4) is 0 Å². The first-order chi connectivity index (χ1) is 8.89. The van der Waals surface area contributed by atoms with E-state index >= 15 is 0 Å². The summed E-state index contributed by atoms with van der Waals surface area (Å²) in [5, 5.41) is 2.79. The molecule has 19 heavy (non-hydrogen) atoms. The Kier molecular flexibility index (Phi) is 3.57. The van der Waals surface area contributed by atoms with Crippen LogP contribution in [-0.4, -0.2) is 23.9 Å². The van der Waals surface area contributed by atoms with Crippen molar-refractivity contribution < 1.29 is 9.59 Å². The van der Waals surface area contributed by atoms with Gasteiger partial charge in [0.2, 0.25) is 11.8 Å². The summed E-state index contributed by atoms with van der Waals surface area (Å²) in [7, 11) is 0. The van der Waals surface area contributed by atoms with E-state index in [0.29, 0.717) is 18.7 Å². The van der Waals surface area contributed by atoms with Crippen molar-refractivity contribution in [1.82, 2.24) is 0 Å². The van der Waals surface area contributed by atoms with Crippen LogP contribution < -0.4 is 16.0 Å².